The van der Waals surface area contributed by atoms with Gasteiger partial charge in [0.15, 0.2) is 11.5 Å². The lowest BCUT2D eigenvalue weighted by molar-refractivity contribution is -0.229. The minimum absolute atomic E-state index is 0.140. The predicted molar refractivity (Wildman–Crippen MR) is 177 cm³/mol. The molecule has 5 nitrogen and oxygen atoms in total. The smallest absolute Gasteiger partial charge is 0.331 e. The molecule has 0 saturated heterocycles. The number of carbonyl (C=O) groups is 1. The van der Waals surface area contributed by atoms with Crippen LogP contribution in [0.2, 0.25) is 0 Å². The third kappa shape index (κ3) is 5.43. The molecule has 1 aromatic rings. The van der Waals surface area contributed by atoms with Crippen molar-refractivity contribution < 1.29 is 24.9 Å². The van der Waals surface area contributed by atoms with Crippen molar-refractivity contribution in [2.24, 2.45) is 45.3 Å². The molecule has 0 bridgehead atoms. The van der Waals surface area contributed by atoms with Gasteiger partial charge in [-0.1, -0.05) is 52.3 Å². The van der Waals surface area contributed by atoms with Crippen molar-refractivity contribution in [2.75, 3.05) is 0 Å². The van der Waals surface area contributed by atoms with Crippen LogP contribution in [0.5, 0.6) is 11.5 Å². The van der Waals surface area contributed by atoms with Crippen molar-refractivity contribution in [3.8, 4) is 11.5 Å². The Kier molecular flexibility index (Phi) is 8.66. The largest absolute Gasteiger partial charge is 0.504 e. The molecule has 4 fully saturated rings. The first-order chi connectivity index (χ1) is 20.5. The summed E-state index contributed by atoms with van der Waals surface area (Å²) in [6, 6.07) is 4.50. The van der Waals surface area contributed by atoms with Crippen LogP contribution in [0.15, 0.2) is 35.9 Å². The summed E-state index contributed by atoms with van der Waals surface area (Å²) >= 11 is 0. The van der Waals surface area contributed by atoms with Crippen molar-refractivity contribution in [3.05, 3.63) is 41.5 Å². The van der Waals surface area contributed by atoms with Crippen LogP contribution < -0.4 is 0 Å². The van der Waals surface area contributed by atoms with Crippen LogP contribution in [0.4, 0.5) is 0 Å². The Morgan fingerprint density at radius 3 is 2.32 bits per heavy atom. The van der Waals surface area contributed by atoms with Crippen LogP contribution >= 0.6 is 0 Å². The molecule has 0 aliphatic heterocycles. The number of carbonyl (C=O) groups excluding carboxylic acids is 1. The van der Waals surface area contributed by atoms with E-state index < -0.39 is 5.60 Å². The van der Waals surface area contributed by atoms with Crippen LogP contribution in [0.3, 0.4) is 0 Å². The maximum Gasteiger partial charge on any atom is 0.331 e. The molecule has 4 saturated carbocycles. The van der Waals surface area contributed by atoms with E-state index in [4.69, 9.17) is 4.74 Å². The Hall–Kier alpha value is -2.27. The van der Waals surface area contributed by atoms with Crippen molar-refractivity contribution in [1.29, 1.82) is 0 Å². The highest BCUT2D eigenvalue weighted by Crippen LogP contribution is 2.76. The van der Waals surface area contributed by atoms with Gasteiger partial charge in [0.25, 0.3) is 0 Å². The summed E-state index contributed by atoms with van der Waals surface area (Å²) in [5.74, 6) is 1.28. The number of aliphatic hydroxyl groups is 1. The van der Waals surface area contributed by atoms with Gasteiger partial charge in [0, 0.05) is 11.5 Å². The summed E-state index contributed by atoms with van der Waals surface area (Å²) in [6.45, 7) is 18.8. The standard InChI is InChI=1S/C39H58O5/c1-25(2)10-9-20-39(8,43)28-17-22-37(6)27(28)13-15-32-36(5)21-19-33(35(3,4)31(36)18-23-38(32,37)7)44-34(42)16-12-26-11-14-29(40)30(41)24-26/h10-12,14,16,24,27-28,31-33,40-41,43H,9,13,15,17-23H2,1-8H3/b16-12+/t27?,28?,31?,32?,33-,36-,37+,38+,39?/m0/s1. The minimum Gasteiger partial charge on any atom is -0.504 e. The second kappa shape index (κ2) is 11.5. The van der Waals surface area contributed by atoms with E-state index in [0.717, 1.165) is 38.5 Å². The molecule has 0 radical (unpaired) electrons. The topological polar surface area (TPSA) is 87.0 Å². The van der Waals surface area contributed by atoms with Crippen LogP contribution in [0, 0.1) is 45.3 Å². The number of hydrogen-bond donors (Lipinski definition) is 3. The first-order valence-corrected chi connectivity index (χ1v) is 17.2. The Balaban J connectivity index is 1.31. The van der Waals surface area contributed by atoms with E-state index >= 15 is 0 Å². The maximum atomic E-state index is 13.0. The lowest BCUT2D eigenvalue weighted by Gasteiger charge is -2.70. The van der Waals surface area contributed by atoms with Gasteiger partial charge in [-0.3, -0.25) is 0 Å². The summed E-state index contributed by atoms with van der Waals surface area (Å²) in [7, 11) is 0. The van der Waals surface area contributed by atoms with Gasteiger partial charge in [0.05, 0.1) is 5.60 Å². The van der Waals surface area contributed by atoms with Gasteiger partial charge < -0.3 is 20.1 Å². The van der Waals surface area contributed by atoms with Gasteiger partial charge in [-0.15, -0.1) is 0 Å². The molecule has 9 atom stereocenters. The molecule has 0 spiro atoms. The van der Waals surface area contributed by atoms with Gasteiger partial charge in [-0.2, -0.15) is 0 Å². The molecule has 4 aliphatic rings. The van der Waals surface area contributed by atoms with Crippen molar-refractivity contribution in [3.63, 3.8) is 0 Å². The highest BCUT2D eigenvalue weighted by atomic mass is 16.5. The second-order valence-corrected chi connectivity index (χ2v) is 16.9. The minimum atomic E-state index is -0.625. The molecule has 44 heavy (non-hydrogen) atoms. The Morgan fingerprint density at radius 1 is 0.932 bits per heavy atom. The second-order valence-electron chi connectivity index (χ2n) is 16.9. The van der Waals surface area contributed by atoms with E-state index in [0.29, 0.717) is 29.2 Å². The van der Waals surface area contributed by atoms with E-state index in [9.17, 15) is 20.1 Å². The third-order valence-corrected chi connectivity index (χ3v) is 14.0. The molecule has 5 unspecified atom stereocenters. The lowest BCUT2D eigenvalue weighted by atomic mass is 9.35. The molecule has 0 aromatic heterocycles. The fourth-order valence-corrected chi connectivity index (χ4v) is 11.5. The van der Waals surface area contributed by atoms with Gasteiger partial charge in [-0.25, -0.2) is 4.79 Å². The van der Waals surface area contributed by atoms with E-state index in [2.05, 4.69) is 61.5 Å². The first kappa shape index (κ1) is 33.1. The molecule has 1 aromatic carbocycles. The van der Waals surface area contributed by atoms with Crippen molar-refractivity contribution in [1.82, 2.24) is 0 Å². The van der Waals surface area contributed by atoms with Gasteiger partial charge in [-0.05, 0) is 149 Å². The number of benzene rings is 1. The average Bonchev–Trinajstić information content (AvgIpc) is 3.30. The summed E-state index contributed by atoms with van der Waals surface area (Å²) in [5, 5.41) is 31.1. The normalized spacial score (nSPS) is 39.1. The van der Waals surface area contributed by atoms with Gasteiger partial charge in [0.1, 0.15) is 6.10 Å². The van der Waals surface area contributed by atoms with Crippen LogP contribution in [0.1, 0.15) is 125 Å². The van der Waals surface area contributed by atoms with E-state index in [-0.39, 0.29) is 45.2 Å². The SMILES string of the molecule is CC(C)=CCCC(C)(O)C1CC[C@]2(C)C1CCC1[C@@]3(C)CC[C@H](OC(=O)/C=C/c4ccc(O)c(O)c4)C(C)(C)C3CC[C@]12C. The van der Waals surface area contributed by atoms with Crippen LogP contribution in [0.25, 0.3) is 6.08 Å². The Bertz CT molecular complexity index is 1300. The molecule has 5 rings (SSSR count). The zero-order valence-electron chi connectivity index (χ0n) is 28.6. The van der Waals surface area contributed by atoms with E-state index in [1.807, 2.05) is 0 Å². The number of aromatic hydroxyl groups is 2. The number of allylic oxidation sites excluding steroid dienone is 2. The molecule has 0 amide bonds. The molecule has 5 heteroatoms. The Labute approximate surface area is 266 Å². The fourth-order valence-electron chi connectivity index (χ4n) is 11.5. The first-order valence-electron chi connectivity index (χ1n) is 17.2. The highest BCUT2D eigenvalue weighted by molar-refractivity contribution is 5.87. The van der Waals surface area contributed by atoms with Gasteiger partial charge in [0.2, 0.25) is 0 Å². The lowest BCUT2D eigenvalue weighted by Crippen LogP contribution is -2.64. The van der Waals surface area contributed by atoms with E-state index in [1.54, 1.807) is 12.1 Å². The number of phenols is 2. The number of phenolic OH excluding ortho intramolecular Hbond substituents is 2. The van der Waals surface area contributed by atoms with Crippen molar-refractivity contribution >= 4 is 12.0 Å². The zero-order valence-corrected chi connectivity index (χ0v) is 28.6. The number of fused-ring (bicyclic) bond motifs is 5. The predicted octanol–water partition coefficient (Wildman–Crippen LogP) is 9.21. The van der Waals surface area contributed by atoms with Gasteiger partial charge >= 0.3 is 5.97 Å². The average molecular weight is 607 g/mol. The van der Waals surface area contributed by atoms with Crippen LogP contribution in [-0.2, 0) is 9.53 Å². The summed E-state index contributed by atoms with van der Waals surface area (Å²) in [4.78, 5) is 13.0. The van der Waals surface area contributed by atoms with Crippen LogP contribution in [-0.4, -0.2) is 33.0 Å². The summed E-state index contributed by atoms with van der Waals surface area (Å²) in [6.07, 6.45) is 16.0. The third-order valence-electron chi connectivity index (χ3n) is 14.0. The molecule has 244 valence electrons. The number of esters is 1. The number of hydrogen-bond acceptors (Lipinski definition) is 5. The van der Waals surface area contributed by atoms with E-state index in [1.165, 1.54) is 49.5 Å². The number of ether oxygens (including phenoxy) is 1. The summed E-state index contributed by atoms with van der Waals surface area (Å²) in [5.41, 5.74) is 1.86. The quantitative estimate of drug-likeness (QED) is 0.125. The zero-order chi connectivity index (χ0) is 32.3. The highest BCUT2D eigenvalue weighted by Gasteiger charge is 2.69. The maximum absolute atomic E-state index is 13.0. The molecular weight excluding hydrogens is 548 g/mol. The monoisotopic (exact) mass is 606 g/mol. The Morgan fingerprint density at radius 2 is 1.64 bits per heavy atom. The fraction of sp³-hybridized carbons (Fsp3) is 0.718. The molecular formula is C39H58O5. The number of rotatable bonds is 7. The summed E-state index contributed by atoms with van der Waals surface area (Å²) < 4.78 is 6.16. The molecule has 0 heterocycles. The van der Waals surface area contributed by atoms with Crippen molar-refractivity contribution in [2.45, 2.75) is 131 Å². The molecule has 4 aliphatic carbocycles. The molecule has 3 N–H and O–H groups in total.